The fourth-order valence-corrected chi connectivity index (χ4v) is 3.41. The molecule has 0 bridgehead atoms. The van der Waals surface area contributed by atoms with Gasteiger partial charge in [0, 0.05) is 58.2 Å². The Morgan fingerprint density at radius 1 is 1.19 bits per heavy atom. The van der Waals surface area contributed by atoms with Crippen molar-refractivity contribution in [3.63, 3.8) is 0 Å². The zero-order valence-electron chi connectivity index (χ0n) is 15.3. The molecule has 0 amide bonds. The minimum absolute atomic E-state index is 0.456. The van der Waals surface area contributed by atoms with E-state index < -0.39 is 0 Å². The smallest absolute Gasteiger partial charge is 0.137 e. The lowest BCUT2D eigenvalue weighted by Gasteiger charge is -2.32. The van der Waals surface area contributed by atoms with E-state index in [9.17, 15) is 0 Å². The highest BCUT2D eigenvalue weighted by molar-refractivity contribution is 5.47. The highest BCUT2D eigenvalue weighted by atomic mass is 15.2. The fraction of sp³-hybridized carbons (Fsp3) is 0.421. The van der Waals surface area contributed by atoms with Gasteiger partial charge in [-0.1, -0.05) is 6.07 Å². The molecular formula is C19H25N7. The highest BCUT2D eigenvalue weighted by Crippen LogP contribution is 2.19. The van der Waals surface area contributed by atoms with E-state index in [-0.39, 0.29) is 0 Å². The van der Waals surface area contributed by atoms with Gasteiger partial charge in [0.15, 0.2) is 0 Å². The van der Waals surface area contributed by atoms with E-state index in [4.69, 9.17) is 4.98 Å². The van der Waals surface area contributed by atoms with Crippen LogP contribution in [-0.4, -0.2) is 57.5 Å². The number of nitrogens with zero attached hydrogens (tertiary/aromatic N) is 6. The molecule has 1 aliphatic rings. The number of aromatic nitrogens is 4. The lowest BCUT2D eigenvalue weighted by Crippen LogP contribution is -2.38. The van der Waals surface area contributed by atoms with Gasteiger partial charge in [0.2, 0.25) is 0 Å². The van der Waals surface area contributed by atoms with E-state index in [2.05, 4.69) is 30.8 Å². The predicted octanol–water partition coefficient (Wildman–Crippen LogP) is 2.27. The van der Waals surface area contributed by atoms with Gasteiger partial charge in [-0.2, -0.15) is 0 Å². The van der Waals surface area contributed by atoms with Gasteiger partial charge < -0.3 is 14.6 Å². The van der Waals surface area contributed by atoms with E-state index in [1.54, 1.807) is 6.33 Å². The topological polar surface area (TPSA) is 61.6 Å². The first-order valence-corrected chi connectivity index (χ1v) is 9.08. The van der Waals surface area contributed by atoms with Crippen molar-refractivity contribution in [2.75, 3.05) is 37.4 Å². The van der Waals surface area contributed by atoms with E-state index >= 15 is 0 Å². The summed E-state index contributed by atoms with van der Waals surface area (Å²) in [6.45, 7) is 3.04. The van der Waals surface area contributed by atoms with Crippen molar-refractivity contribution >= 4 is 17.3 Å². The second-order valence-electron chi connectivity index (χ2n) is 7.05. The molecule has 7 heteroatoms. The number of likely N-dealkylation sites (tertiary alicyclic amines) is 1. The Morgan fingerprint density at radius 3 is 2.81 bits per heavy atom. The first-order valence-electron chi connectivity index (χ1n) is 9.08. The van der Waals surface area contributed by atoms with Crippen molar-refractivity contribution in [1.29, 1.82) is 0 Å². The van der Waals surface area contributed by atoms with Crippen LogP contribution in [0.15, 0.2) is 43.0 Å². The largest absolute Gasteiger partial charge is 0.367 e. The van der Waals surface area contributed by atoms with Crippen LogP contribution in [0.1, 0.15) is 18.5 Å². The summed E-state index contributed by atoms with van der Waals surface area (Å²) >= 11 is 0. The van der Waals surface area contributed by atoms with Crippen LogP contribution in [0.4, 0.5) is 11.6 Å². The second-order valence-corrected chi connectivity index (χ2v) is 7.05. The molecule has 0 aromatic carbocycles. The Labute approximate surface area is 153 Å². The molecule has 0 spiro atoms. The van der Waals surface area contributed by atoms with E-state index in [0.717, 1.165) is 55.5 Å². The summed E-state index contributed by atoms with van der Waals surface area (Å²) in [5.74, 6) is 1.83. The van der Waals surface area contributed by atoms with Crippen LogP contribution in [0.3, 0.4) is 0 Å². The normalized spacial score (nSPS) is 16.1. The summed E-state index contributed by atoms with van der Waals surface area (Å²) in [5, 5.41) is 3.56. The Bertz CT molecular complexity index is 832. The Balaban J connectivity index is 1.32. The lowest BCUT2D eigenvalue weighted by molar-refractivity contribution is 0.209. The van der Waals surface area contributed by atoms with Crippen molar-refractivity contribution in [2.45, 2.75) is 25.4 Å². The molecule has 7 nitrogen and oxygen atoms in total. The van der Waals surface area contributed by atoms with Gasteiger partial charge in [0.05, 0.1) is 5.69 Å². The van der Waals surface area contributed by atoms with Gasteiger partial charge in [-0.25, -0.2) is 15.0 Å². The zero-order chi connectivity index (χ0) is 17.9. The molecule has 0 unspecified atom stereocenters. The van der Waals surface area contributed by atoms with Crippen molar-refractivity contribution in [1.82, 2.24) is 24.3 Å². The lowest BCUT2D eigenvalue weighted by atomic mass is 10.0. The molecule has 136 valence electrons. The van der Waals surface area contributed by atoms with Crippen molar-refractivity contribution in [2.24, 2.45) is 0 Å². The molecule has 3 aromatic heterocycles. The molecule has 0 atom stereocenters. The monoisotopic (exact) mass is 351 g/mol. The maximum atomic E-state index is 4.70. The zero-order valence-corrected chi connectivity index (χ0v) is 15.3. The van der Waals surface area contributed by atoms with Gasteiger partial charge in [0.25, 0.3) is 0 Å². The van der Waals surface area contributed by atoms with Gasteiger partial charge in [-0.15, -0.1) is 0 Å². The van der Waals surface area contributed by atoms with Gasteiger partial charge in [-0.05, 0) is 25.0 Å². The number of fused-ring (bicyclic) bond motifs is 1. The molecular weight excluding hydrogens is 326 g/mol. The Morgan fingerprint density at radius 2 is 2.04 bits per heavy atom. The van der Waals surface area contributed by atoms with Crippen LogP contribution < -0.4 is 10.2 Å². The molecule has 1 saturated heterocycles. The van der Waals surface area contributed by atoms with E-state index in [1.165, 1.54) is 0 Å². The average molecular weight is 351 g/mol. The molecule has 4 rings (SSSR count). The Hall–Kier alpha value is -2.67. The maximum absolute atomic E-state index is 4.70. The molecule has 1 fully saturated rings. The van der Waals surface area contributed by atoms with Crippen molar-refractivity contribution in [3.05, 3.63) is 48.7 Å². The Kier molecular flexibility index (Phi) is 4.71. The first kappa shape index (κ1) is 16.8. The van der Waals surface area contributed by atoms with Gasteiger partial charge >= 0.3 is 0 Å². The third-order valence-corrected chi connectivity index (χ3v) is 4.85. The van der Waals surface area contributed by atoms with Gasteiger partial charge in [0.1, 0.15) is 23.6 Å². The van der Waals surface area contributed by atoms with Crippen LogP contribution in [-0.2, 0) is 6.54 Å². The molecule has 26 heavy (non-hydrogen) atoms. The summed E-state index contributed by atoms with van der Waals surface area (Å²) in [6.07, 6.45) is 8.01. The molecule has 0 radical (unpaired) electrons. The standard InChI is InChI=1S/C19H25N7/c1-24(2)19-11-17(20-14-21-19)22-15-6-9-25(10-7-15)12-16-13-26-8-4-3-5-18(26)23-16/h3-5,8,11,13-15H,6-7,9-10,12H2,1-2H3,(H,20,21,22). The molecule has 1 N–H and O–H groups in total. The molecule has 3 aromatic rings. The SMILES string of the molecule is CN(C)c1cc(NC2CCN(Cc3cn4ccccc4n3)CC2)ncn1. The predicted molar refractivity (Wildman–Crippen MR) is 103 cm³/mol. The van der Waals surface area contributed by atoms with Gasteiger partial charge in [-0.3, -0.25) is 4.90 Å². The second kappa shape index (κ2) is 7.29. The van der Waals surface area contributed by atoms with E-state index in [0.29, 0.717) is 6.04 Å². The van der Waals surface area contributed by atoms with E-state index in [1.807, 2.05) is 49.5 Å². The van der Waals surface area contributed by atoms with Crippen LogP contribution in [0.25, 0.3) is 5.65 Å². The number of anilines is 2. The fourth-order valence-electron chi connectivity index (χ4n) is 3.41. The third-order valence-electron chi connectivity index (χ3n) is 4.85. The number of hydrogen-bond acceptors (Lipinski definition) is 6. The number of hydrogen-bond donors (Lipinski definition) is 1. The highest BCUT2D eigenvalue weighted by Gasteiger charge is 2.20. The summed E-state index contributed by atoms with van der Waals surface area (Å²) < 4.78 is 2.08. The average Bonchev–Trinajstić information content (AvgIpc) is 3.06. The number of piperidine rings is 1. The van der Waals surface area contributed by atoms with Crippen LogP contribution in [0.2, 0.25) is 0 Å². The minimum Gasteiger partial charge on any atom is -0.367 e. The minimum atomic E-state index is 0.456. The quantitative estimate of drug-likeness (QED) is 0.761. The molecule has 0 saturated carbocycles. The number of pyridine rings is 1. The summed E-state index contributed by atoms with van der Waals surface area (Å²) in [6, 6.07) is 8.56. The third kappa shape index (κ3) is 3.77. The van der Waals surface area contributed by atoms with Crippen LogP contribution in [0.5, 0.6) is 0 Å². The first-order chi connectivity index (χ1) is 12.7. The summed E-state index contributed by atoms with van der Waals surface area (Å²) in [7, 11) is 3.98. The van der Waals surface area contributed by atoms with Crippen LogP contribution >= 0.6 is 0 Å². The summed E-state index contributed by atoms with van der Waals surface area (Å²) in [4.78, 5) is 17.8. The number of imidazole rings is 1. The summed E-state index contributed by atoms with van der Waals surface area (Å²) in [5.41, 5.74) is 2.15. The van der Waals surface area contributed by atoms with Crippen molar-refractivity contribution < 1.29 is 0 Å². The number of rotatable bonds is 5. The molecule has 1 aliphatic heterocycles. The maximum Gasteiger partial charge on any atom is 0.137 e. The number of nitrogens with one attached hydrogen (secondary N) is 1. The van der Waals surface area contributed by atoms with Crippen LogP contribution in [0, 0.1) is 0 Å². The molecule has 4 heterocycles. The molecule has 0 aliphatic carbocycles. The van der Waals surface area contributed by atoms with Crippen molar-refractivity contribution in [3.8, 4) is 0 Å².